The van der Waals surface area contributed by atoms with Crippen LogP contribution in [0.4, 0.5) is 0 Å². The van der Waals surface area contributed by atoms with Gasteiger partial charge in [0, 0.05) is 25.2 Å². The fourth-order valence-corrected chi connectivity index (χ4v) is 5.80. The smallest absolute Gasteiger partial charge is 0.472 e. The summed E-state index contributed by atoms with van der Waals surface area (Å²) in [7, 11) is -4.70. The molecule has 0 saturated heterocycles. The van der Waals surface area contributed by atoms with E-state index in [1.54, 1.807) is 23.1 Å². The lowest BCUT2D eigenvalue weighted by Gasteiger charge is -2.37. The molecule has 47 heavy (non-hydrogen) atoms. The van der Waals surface area contributed by atoms with Gasteiger partial charge in [0.1, 0.15) is 12.6 Å². The van der Waals surface area contributed by atoms with Gasteiger partial charge in [0.2, 0.25) is 0 Å². The first-order valence-electron chi connectivity index (χ1n) is 14.8. The van der Waals surface area contributed by atoms with E-state index in [0.29, 0.717) is 31.8 Å². The van der Waals surface area contributed by atoms with Gasteiger partial charge in [-0.1, -0.05) is 60.7 Å². The van der Waals surface area contributed by atoms with Crippen LogP contribution in [0.25, 0.3) is 0 Å². The maximum Gasteiger partial charge on any atom is 0.472 e. The zero-order valence-electron chi connectivity index (χ0n) is 25.9. The van der Waals surface area contributed by atoms with Crippen LogP contribution in [-0.2, 0) is 50.4 Å². The molecule has 0 fully saturated rings. The number of carboxylic acids is 3. The van der Waals surface area contributed by atoms with Crippen LogP contribution >= 0.6 is 7.82 Å². The zero-order chi connectivity index (χ0) is 34.7. The van der Waals surface area contributed by atoms with Crippen molar-refractivity contribution in [3.8, 4) is 0 Å². The van der Waals surface area contributed by atoms with E-state index in [1.165, 1.54) is 4.90 Å². The third-order valence-electron chi connectivity index (χ3n) is 7.08. The maximum atomic E-state index is 12.8. The summed E-state index contributed by atoms with van der Waals surface area (Å²) < 4.78 is 23.0. The fraction of sp³-hybridized carbons (Fsp3) is 0.452. The van der Waals surface area contributed by atoms with Crippen molar-refractivity contribution in [2.45, 2.75) is 31.3 Å². The van der Waals surface area contributed by atoms with Crippen LogP contribution in [0.1, 0.15) is 17.5 Å². The molecule has 3 unspecified atom stereocenters. The summed E-state index contributed by atoms with van der Waals surface area (Å²) in [6.45, 7) is -3.67. The van der Waals surface area contributed by atoms with Crippen molar-refractivity contribution in [3.05, 3.63) is 71.8 Å². The van der Waals surface area contributed by atoms with Crippen molar-refractivity contribution < 1.29 is 57.8 Å². The summed E-state index contributed by atoms with van der Waals surface area (Å²) in [6.07, 6.45) is 2.47. The van der Waals surface area contributed by atoms with E-state index in [2.05, 4.69) is 0 Å². The Bertz CT molecular complexity index is 1290. The predicted octanol–water partition coefficient (Wildman–Crippen LogP) is 1.29. The first kappa shape index (κ1) is 39.4. The van der Waals surface area contributed by atoms with Gasteiger partial charge in [-0.15, -0.1) is 0 Å². The number of rotatable bonds is 26. The highest BCUT2D eigenvalue weighted by Crippen LogP contribution is 2.43. The molecule has 2 aromatic rings. The van der Waals surface area contributed by atoms with E-state index >= 15 is 0 Å². The standard InChI is InChI=1S/C31H42N3O12P/c35-15-13-33(14-16-36)27(18-26-10-5-2-6-11-26)19-32(21-29(37)38)20-28(34(22-30(39)40)23-31(41)42)24-46-47(43,44)45-17-7-12-25-8-3-1-4-9-25/h1-6,8-11,15-16,27-28H,7,12-14,17-24H2,(H,37,38)(H,39,40)(H,41,42)(H,43,44). The molecule has 0 radical (unpaired) electrons. The van der Waals surface area contributed by atoms with Crippen LogP contribution in [-0.4, -0.2) is 137 Å². The van der Waals surface area contributed by atoms with Crippen molar-refractivity contribution in [1.82, 2.24) is 14.7 Å². The largest absolute Gasteiger partial charge is 0.480 e. The Labute approximate surface area is 272 Å². The highest BCUT2D eigenvalue weighted by molar-refractivity contribution is 7.47. The zero-order valence-corrected chi connectivity index (χ0v) is 26.8. The molecule has 0 spiro atoms. The quantitative estimate of drug-likeness (QED) is 0.0627. The van der Waals surface area contributed by atoms with Crippen LogP contribution in [0.3, 0.4) is 0 Å². The molecule has 0 amide bonds. The van der Waals surface area contributed by atoms with Crippen LogP contribution in [0, 0.1) is 0 Å². The van der Waals surface area contributed by atoms with Gasteiger partial charge in [0.25, 0.3) is 0 Å². The molecule has 2 rings (SSSR count). The molecule has 0 aliphatic carbocycles. The third kappa shape index (κ3) is 16.5. The van der Waals surface area contributed by atoms with E-state index in [4.69, 9.17) is 9.05 Å². The van der Waals surface area contributed by atoms with Gasteiger partial charge in [-0.2, -0.15) is 0 Å². The Morgan fingerprint density at radius 3 is 1.74 bits per heavy atom. The van der Waals surface area contributed by atoms with E-state index < -0.39 is 64.1 Å². The van der Waals surface area contributed by atoms with Gasteiger partial charge in [0.05, 0.1) is 45.9 Å². The summed E-state index contributed by atoms with van der Waals surface area (Å²) in [4.78, 5) is 72.5. The molecule has 2 aromatic carbocycles. The Morgan fingerprint density at radius 1 is 0.723 bits per heavy atom. The Kier molecular flexibility index (Phi) is 17.7. The van der Waals surface area contributed by atoms with Gasteiger partial charge >= 0.3 is 25.7 Å². The molecule has 0 aromatic heterocycles. The van der Waals surface area contributed by atoms with E-state index in [0.717, 1.165) is 16.0 Å². The molecule has 0 bridgehead atoms. The van der Waals surface area contributed by atoms with Crippen molar-refractivity contribution in [2.75, 3.05) is 59.0 Å². The normalized spacial score (nSPS) is 14.0. The lowest BCUT2D eigenvalue weighted by atomic mass is 10.0. The summed E-state index contributed by atoms with van der Waals surface area (Å²) in [5.41, 5.74) is 1.82. The summed E-state index contributed by atoms with van der Waals surface area (Å²) in [5.74, 6) is -4.05. The molecule has 16 heteroatoms. The van der Waals surface area contributed by atoms with E-state index in [1.807, 2.05) is 42.5 Å². The number of hydrogen-bond acceptors (Lipinski definition) is 11. The van der Waals surface area contributed by atoms with Gasteiger partial charge < -0.3 is 29.8 Å². The molecule has 258 valence electrons. The Balaban J connectivity index is 2.30. The molecule has 15 nitrogen and oxygen atoms in total. The number of aldehydes is 2. The Morgan fingerprint density at radius 2 is 1.23 bits per heavy atom. The highest BCUT2D eigenvalue weighted by Gasteiger charge is 2.32. The monoisotopic (exact) mass is 679 g/mol. The second-order valence-electron chi connectivity index (χ2n) is 10.8. The Hall–Kier alpha value is -3.82. The van der Waals surface area contributed by atoms with Crippen molar-refractivity contribution in [1.29, 1.82) is 0 Å². The molecule has 0 aliphatic heterocycles. The molecule has 0 heterocycles. The second-order valence-corrected chi connectivity index (χ2v) is 12.2. The number of phosphoric ester groups is 1. The number of benzene rings is 2. The number of carbonyl (C=O) groups excluding carboxylic acids is 2. The fourth-order valence-electron chi connectivity index (χ4n) is 5.00. The van der Waals surface area contributed by atoms with Crippen LogP contribution in [0.15, 0.2) is 60.7 Å². The topological polar surface area (TPSA) is 212 Å². The van der Waals surface area contributed by atoms with Gasteiger partial charge in [-0.25, -0.2) is 4.57 Å². The number of aryl methyl sites for hydroxylation is 1. The molecule has 3 atom stereocenters. The lowest BCUT2D eigenvalue weighted by Crippen LogP contribution is -2.54. The van der Waals surface area contributed by atoms with Crippen LogP contribution in [0.2, 0.25) is 0 Å². The van der Waals surface area contributed by atoms with Crippen LogP contribution < -0.4 is 0 Å². The SMILES string of the molecule is O=CCN(CC=O)C(Cc1ccccc1)CN(CC(=O)O)CC(COP(=O)(O)OCCCc1ccccc1)N(CC(=O)O)CC(=O)O. The van der Waals surface area contributed by atoms with Crippen molar-refractivity contribution in [3.63, 3.8) is 0 Å². The van der Waals surface area contributed by atoms with Gasteiger partial charge in [0.15, 0.2) is 0 Å². The minimum Gasteiger partial charge on any atom is -0.480 e. The molecule has 0 saturated carbocycles. The average molecular weight is 680 g/mol. The van der Waals surface area contributed by atoms with E-state index in [-0.39, 0.29) is 32.8 Å². The number of carbonyl (C=O) groups is 5. The number of aliphatic carboxylic acids is 3. The highest BCUT2D eigenvalue weighted by atomic mass is 31.2. The summed E-state index contributed by atoms with van der Waals surface area (Å²) in [6, 6.07) is 16.6. The van der Waals surface area contributed by atoms with E-state index in [9.17, 15) is 48.8 Å². The maximum absolute atomic E-state index is 12.8. The van der Waals surface area contributed by atoms with Crippen molar-refractivity contribution in [2.24, 2.45) is 0 Å². The third-order valence-corrected chi connectivity index (χ3v) is 8.06. The summed E-state index contributed by atoms with van der Waals surface area (Å²) in [5, 5.41) is 28.7. The first-order valence-corrected chi connectivity index (χ1v) is 16.3. The predicted molar refractivity (Wildman–Crippen MR) is 169 cm³/mol. The molecular weight excluding hydrogens is 637 g/mol. The lowest BCUT2D eigenvalue weighted by molar-refractivity contribution is -0.145. The average Bonchev–Trinajstić information content (AvgIpc) is 3.01. The number of phosphoric acid groups is 1. The molecule has 4 N–H and O–H groups in total. The number of hydrogen-bond donors (Lipinski definition) is 4. The minimum atomic E-state index is -4.70. The van der Waals surface area contributed by atoms with Gasteiger partial charge in [-0.3, -0.25) is 38.1 Å². The number of nitrogens with zero attached hydrogens (tertiary/aromatic N) is 3. The molecule has 0 aliphatic rings. The minimum absolute atomic E-state index is 0.0554. The van der Waals surface area contributed by atoms with Crippen molar-refractivity contribution >= 4 is 38.3 Å². The molecular formula is C31H42N3O12P. The number of carboxylic acid groups (broad SMARTS) is 3. The van der Waals surface area contributed by atoms with Gasteiger partial charge in [-0.05, 0) is 30.4 Å². The summed E-state index contributed by atoms with van der Waals surface area (Å²) >= 11 is 0. The second kappa shape index (κ2) is 21.1. The van der Waals surface area contributed by atoms with Crippen LogP contribution in [0.5, 0.6) is 0 Å². The first-order chi connectivity index (χ1) is 22.4.